The summed E-state index contributed by atoms with van der Waals surface area (Å²) >= 11 is 8.01. The van der Waals surface area contributed by atoms with E-state index in [9.17, 15) is 18.9 Å². The Morgan fingerprint density at radius 1 is 1.64 bits per heavy atom. The van der Waals surface area contributed by atoms with Crippen LogP contribution in [0.1, 0.15) is 12.0 Å². The fourth-order valence-electron chi connectivity index (χ4n) is 0.783. The number of alkyl halides is 2. The van der Waals surface area contributed by atoms with Gasteiger partial charge in [-0.25, -0.2) is 8.78 Å². The summed E-state index contributed by atoms with van der Waals surface area (Å²) in [4.78, 5) is 12.8. The molecule has 0 spiro atoms. The molecule has 76 valence electrons. The van der Waals surface area contributed by atoms with Crippen molar-refractivity contribution in [2.45, 2.75) is 6.43 Å². The van der Waals surface area contributed by atoms with Crippen LogP contribution in [0.15, 0.2) is 10.5 Å². The summed E-state index contributed by atoms with van der Waals surface area (Å²) in [7, 11) is 0. The van der Waals surface area contributed by atoms with Crippen LogP contribution in [0.3, 0.4) is 0 Å². The highest BCUT2D eigenvalue weighted by Gasteiger charge is 2.24. The number of rotatable bonds is 2. The molecule has 4 nitrogen and oxygen atoms in total. The van der Waals surface area contributed by atoms with E-state index in [1.807, 2.05) is 0 Å². The van der Waals surface area contributed by atoms with E-state index < -0.39 is 22.7 Å². The van der Waals surface area contributed by atoms with Crippen molar-refractivity contribution in [1.29, 1.82) is 0 Å². The zero-order chi connectivity index (χ0) is 10.9. The van der Waals surface area contributed by atoms with Gasteiger partial charge in [-0.15, -0.1) is 0 Å². The quantitative estimate of drug-likeness (QED) is 0.476. The Labute approximate surface area is 90.2 Å². The molecule has 0 aliphatic heterocycles. The number of pyridine rings is 1. The molecule has 0 N–H and O–H groups in total. The van der Waals surface area contributed by atoms with E-state index in [4.69, 9.17) is 11.6 Å². The Kier molecular flexibility index (Phi) is 3.33. The van der Waals surface area contributed by atoms with Gasteiger partial charge in [0.15, 0.2) is 0 Å². The molecule has 0 fully saturated rings. The molecule has 8 heteroatoms. The molecule has 1 rings (SSSR count). The maximum atomic E-state index is 12.3. The molecule has 0 unspecified atom stereocenters. The highest BCUT2D eigenvalue weighted by atomic mass is 79.9. The second kappa shape index (κ2) is 4.14. The third-order valence-electron chi connectivity index (χ3n) is 1.35. The molecule has 0 aliphatic carbocycles. The Bertz CT molecular complexity index is 388. The molecule has 1 aromatic heterocycles. The third-order valence-corrected chi connectivity index (χ3v) is 2.35. The van der Waals surface area contributed by atoms with Gasteiger partial charge in [0.1, 0.15) is 4.47 Å². The maximum absolute atomic E-state index is 12.3. The van der Waals surface area contributed by atoms with Crippen LogP contribution in [-0.4, -0.2) is 9.91 Å². The first-order valence-electron chi connectivity index (χ1n) is 3.22. The number of aromatic nitrogens is 1. The van der Waals surface area contributed by atoms with Crippen LogP contribution in [0, 0.1) is 10.1 Å². The Balaban J connectivity index is 3.40. The molecule has 14 heavy (non-hydrogen) atoms. The van der Waals surface area contributed by atoms with Gasteiger partial charge < -0.3 is 10.1 Å². The van der Waals surface area contributed by atoms with Crippen molar-refractivity contribution in [2.24, 2.45) is 0 Å². The second-order valence-electron chi connectivity index (χ2n) is 2.23. The highest BCUT2D eigenvalue weighted by Crippen LogP contribution is 2.34. The summed E-state index contributed by atoms with van der Waals surface area (Å²) in [6.45, 7) is 0. The molecule has 0 aromatic carbocycles. The van der Waals surface area contributed by atoms with Crippen LogP contribution < -0.4 is 0 Å². The lowest BCUT2D eigenvalue weighted by Crippen LogP contribution is -1.98. The van der Waals surface area contributed by atoms with Crippen molar-refractivity contribution < 1.29 is 13.7 Å². The van der Waals surface area contributed by atoms with Gasteiger partial charge in [0.25, 0.3) is 6.43 Å². The van der Waals surface area contributed by atoms with Crippen molar-refractivity contribution in [2.75, 3.05) is 0 Å². The number of nitrogens with zero attached hydrogens (tertiary/aromatic N) is 2. The van der Waals surface area contributed by atoms with E-state index in [1.54, 1.807) is 0 Å². The van der Waals surface area contributed by atoms with Gasteiger partial charge in [-0.3, -0.25) is 0 Å². The molecule has 0 bridgehead atoms. The van der Waals surface area contributed by atoms with Gasteiger partial charge in [-0.1, -0.05) is 0 Å². The molecule has 0 saturated carbocycles. The highest BCUT2D eigenvalue weighted by molar-refractivity contribution is 9.10. The van der Waals surface area contributed by atoms with Crippen LogP contribution in [-0.2, 0) is 0 Å². The first-order chi connectivity index (χ1) is 6.43. The van der Waals surface area contributed by atoms with Crippen molar-refractivity contribution in [1.82, 2.24) is 4.98 Å². The Morgan fingerprint density at radius 3 is 2.64 bits per heavy atom. The lowest BCUT2D eigenvalue weighted by molar-refractivity contribution is -0.390. The average molecular weight is 287 g/mol. The predicted octanol–water partition coefficient (Wildman–Crippen LogP) is 3.34. The summed E-state index contributed by atoms with van der Waals surface area (Å²) < 4.78 is 24.3. The van der Waals surface area contributed by atoms with E-state index in [0.717, 1.165) is 6.07 Å². The van der Waals surface area contributed by atoms with Crippen LogP contribution in [0.5, 0.6) is 0 Å². The molecule has 0 amide bonds. The minimum atomic E-state index is -2.84. The Morgan fingerprint density at radius 2 is 2.21 bits per heavy atom. The van der Waals surface area contributed by atoms with Gasteiger partial charge in [0.05, 0.1) is 0 Å². The first kappa shape index (κ1) is 11.3. The second-order valence-corrected chi connectivity index (χ2v) is 3.41. The lowest BCUT2D eigenvalue weighted by Gasteiger charge is -2.02. The van der Waals surface area contributed by atoms with Gasteiger partial charge in [0, 0.05) is 11.6 Å². The van der Waals surface area contributed by atoms with Gasteiger partial charge in [0.2, 0.25) is 5.15 Å². The minimum Gasteiger partial charge on any atom is -0.358 e. The largest absolute Gasteiger partial charge is 0.379 e. The van der Waals surface area contributed by atoms with Crippen LogP contribution in [0.25, 0.3) is 0 Å². The maximum Gasteiger partial charge on any atom is 0.379 e. The predicted molar refractivity (Wildman–Crippen MR) is 48.6 cm³/mol. The van der Waals surface area contributed by atoms with Gasteiger partial charge in [-0.05, 0) is 37.4 Å². The smallest absolute Gasteiger partial charge is 0.358 e. The van der Waals surface area contributed by atoms with E-state index in [1.165, 1.54) is 0 Å². The molecule has 1 heterocycles. The zero-order valence-electron chi connectivity index (χ0n) is 6.38. The normalized spacial score (nSPS) is 10.6. The summed E-state index contributed by atoms with van der Waals surface area (Å²) in [5.41, 5.74) is -0.545. The standard InChI is InChI=1S/C6H2BrClF2N2O2/c7-4-2(5(9)10)1-3(8)11-6(4)12(13)14/h1,5H. The van der Waals surface area contributed by atoms with Crippen molar-refractivity contribution in [3.8, 4) is 0 Å². The third kappa shape index (κ3) is 2.16. The number of hydrogen-bond donors (Lipinski definition) is 0. The minimum absolute atomic E-state index is 0.338. The van der Waals surface area contributed by atoms with Gasteiger partial charge >= 0.3 is 5.82 Å². The van der Waals surface area contributed by atoms with Crippen molar-refractivity contribution in [3.63, 3.8) is 0 Å². The van der Waals surface area contributed by atoms with Crippen LogP contribution >= 0.6 is 27.5 Å². The number of nitro groups is 1. The van der Waals surface area contributed by atoms with E-state index in [-0.39, 0.29) is 9.63 Å². The first-order valence-corrected chi connectivity index (χ1v) is 4.39. The molecule has 0 atom stereocenters. The summed E-state index contributed by atoms with van der Waals surface area (Å²) in [5.74, 6) is -0.715. The fourth-order valence-corrected chi connectivity index (χ4v) is 1.50. The molecular weight excluding hydrogens is 285 g/mol. The van der Waals surface area contributed by atoms with Crippen LogP contribution in [0.2, 0.25) is 5.15 Å². The number of hydrogen-bond acceptors (Lipinski definition) is 3. The van der Waals surface area contributed by atoms with Crippen molar-refractivity contribution in [3.05, 3.63) is 31.4 Å². The fraction of sp³-hybridized carbons (Fsp3) is 0.167. The molecular formula is C6H2BrClF2N2O2. The molecule has 0 aliphatic rings. The van der Waals surface area contributed by atoms with E-state index in [0.29, 0.717) is 0 Å². The van der Waals surface area contributed by atoms with E-state index in [2.05, 4.69) is 20.9 Å². The molecule has 0 radical (unpaired) electrons. The topological polar surface area (TPSA) is 56.0 Å². The van der Waals surface area contributed by atoms with Gasteiger partial charge in [-0.2, -0.15) is 0 Å². The average Bonchev–Trinajstić information content (AvgIpc) is 2.07. The summed E-state index contributed by atoms with van der Waals surface area (Å²) in [6.07, 6.45) is -2.84. The number of halogens is 4. The monoisotopic (exact) mass is 286 g/mol. The zero-order valence-corrected chi connectivity index (χ0v) is 8.72. The summed E-state index contributed by atoms with van der Waals surface area (Å²) in [5, 5.41) is 10.0. The van der Waals surface area contributed by atoms with Crippen molar-refractivity contribution >= 4 is 33.3 Å². The van der Waals surface area contributed by atoms with Crippen LogP contribution in [0.4, 0.5) is 14.6 Å². The van der Waals surface area contributed by atoms with E-state index >= 15 is 0 Å². The SMILES string of the molecule is O=[N+]([O-])c1nc(Cl)cc(C(F)F)c1Br. The Hall–Kier alpha value is -0.820. The lowest BCUT2D eigenvalue weighted by atomic mass is 10.3. The molecule has 1 aromatic rings. The summed E-state index contributed by atoms with van der Waals surface area (Å²) in [6, 6.07) is 0.878. The molecule has 0 saturated heterocycles.